The Bertz CT molecular complexity index is 1460. The summed E-state index contributed by atoms with van der Waals surface area (Å²) in [5.41, 5.74) is 2.56. The van der Waals surface area contributed by atoms with Crippen molar-refractivity contribution >= 4 is 51.7 Å². The van der Waals surface area contributed by atoms with Crippen molar-refractivity contribution in [3.05, 3.63) is 74.5 Å². The molecule has 0 aliphatic carbocycles. The predicted molar refractivity (Wildman–Crippen MR) is 150 cm³/mol. The van der Waals surface area contributed by atoms with Crippen LogP contribution < -0.4 is 15.2 Å². The largest absolute Gasteiger partial charge is 0.497 e. The Hall–Kier alpha value is -3.21. The molecule has 2 unspecified atom stereocenters. The number of amides is 1. The van der Waals surface area contributed by atoms with Gasteiger partial charge in [0.05, 0.1) is 36.3 Å². The van der Waals surface area contributed by atoms with E-state index < -0.39 is 0 Å². The fourth-order valence-corrected chi connectivity index (χ4v) is 5.94. The fourth-order valence-electron chi connectivity index (χ4n) is 4.70. The third kappa shape index (κ3) is 5.01. The summed E-state index contributed by atoms with van der Waals surface area (Å²) in [6.45, 7) is 7.47. The van der Waals surface area contributed by atoms with Gasteiger partial charge in [0.1, 0.15) is 21.5 Å². The molecule has 2 aliphatic rings. The van der Waals surface area contributed by atoms with Crippen LogP contribution in [0.25, 0.3) is 11.7 Å². The minimum atomic E-state index is -0.228. The highest BCUT2D eigenvalue weighted by atomic mass is 32.2. The van der Waals surface area contributed by atoms with Gasteiger partial charge in [-0.15, -0.1) is 0 Å². The monoisotopic (exact) mass is 536 g/mol. The molecule has 4 heterocycles. The second-order valence-corrected chi connectivity index (χ2v) is 11.0. The summed E-state index contributed by atoms with van der Waals surface area (Å²) < 4.78 is 13.1. The molecule has 0 N–H and O–H groups in total. The van der Waals surface area contributed by atoms with Gasteiger partial charge >= 0.3 is 0 Å². The van der Waals surface area contributed by atoms with Crippen molar-refractivity contribution in [1.82, 2.24) is 14.3 Å². The van der Waals surface area contributed by atoms with Crippen LogP contribution in [0.3, 0.4) is 0 Å². The van der Waals surface area contributed by atoms with Crippen LogP contribution >= 0.6 is 24.0 Å². The maximum Gasteiger partial charge on any atom is 0.267 e. The van der Waals surface area contributed by atoms with E-state index in [0.717, 1.165) is 16.9 Å². The van der Waals surface area contributed by atoms with Crippen molar-refractivity contribution in [2.45, 2.75) is 39.5 Å². The van der Waals surface area contributed by atoms with Crippen molar-refractivity contribution in [2.24, 2.45) is 0 Å². The highest BCUT2D eigenvalue weighted by molar-refractivity contribution is 8.26. The van der Waals surface area contributed by atoms with Gasteiger partial charge < -0.3 is 14.4 Å². The zero-order valence-corrected chi connectivity index (χ0v) is 22.8. The summed E-state index contributed by atoms with van der Waals surface area (Å²) in [6.07, 6.45) is 3.32. The SMILES string of the molecule is COc1ccc(CN2C(=O)/C(=C/c3c(N4CC(C)OC(C)C4)nc4c(C)cccn4c3=O)SC2=S)cc1. The van der Waals surface area contributed by atoms with Gasteiger partial charge in [-0.1, -0.05) is 42.2 Å². The first-order chi connectivity index (χ1) is 17.7. The molecular weight excluding hydrogens is 508 g/mol. The van der Waals surface area contributed by atoms with Gasteiger partial charge in [0.15, 0.2) is 0 Å². The van der Waals surface area contributed by atoms with Crippen LogP contribution in [-0.4, -0.2) is 56.9 Å². The number of thioether (sulfide) groups is 1. The third-order valence-electron chi connectivity index (χ3n) is 6.43. The molecule has 1 amide bonds. The van der Waals surface area contributed by atoms with E-state index in [1.807, 2.05) is 57.2 Å². The van der Waals surface area contributed by atoms with E-state index in [2.05, 4.69) is 4.90 Å². The Morgan fingerprint density at radius 1 is 1.16 bits per heavy atom. The van der Waals surface area contributed by atoms with Crippen LogP contribution in [0, 0.1) is 6.92 Å². The number of pyridine rings is 1. The number of thiocarbonyl (C=S) groups is 1. The van der Waals surface area contributed by atoms with Gasteiger partial charge in [0.25, 0.3) is 11.5 Å². The number of morpholine rings is 1. The molecule has 8 nitrogen and oxygen atoms in total. The molecule has 2 aliphatic heterocycles. The zero-order valence-electron chi connectivity index (χ0n) is 21.1. The lowest BCUT2D eigenvalue weighted by atomic mass is 10.1. The second kappa shape index (κ2) is 10.3. The number of nitrogens with zero attached hydrogens (tertiary/aromatic N) is 4. The third-order valence-corrected chi connectivity index (χ3v) is 7.81. The van der Waals surface area contributed by atoms with E-state index in [4.69, 9.17) is 26.7 Å². The number of hydrogen-bond acceptors (Lipinski definition) is 8. The predicted octanol–water partition coefficient (Wildman–Crippen LogP) is 4.03. The van der Waals surface area contributed by atoms with Gasteiger partial charge in [-0.25, -0.2) is 4.98 Å². The van der Waals surface area contributed by atoms with Crippen LogP contribution in [0.1, 0.15) is 30.5 Å². The van der Waals surface area contributed by atoms with Crippen LogP contribution in [0.2, 0.25) is 0 Å². The van der Waals surface area contributed by atoms with Gasteiger partial charge in [-0.3, -0.25) is 18.9 Å². The number of fused-ring (bicyclic) bond motifs is 1. The number of ether oxygens (including phenoxy) is 2. The average Bonchev–Trinajstić information content (AvgIpc) is 3.13. The Morgan fingerprint density at radius 3 is 2.54 bits per heavy atom. The number of aryl methyl sites for hydroxylation is 1. The van der Waals surface area contributed by atoms with E-state index in [1.54, 1.807) is 24.3 Å². The van der Waals surface area contributed by atoms with Gasteiger partial charge in [0.2, 0.25) is 0 Å². The molecule has 0 spiro atoms. The quantitative estimate of drug-likeness (QED) is 0.358. The van der Waals surface area contributed by atoms with E-state index in [9.17, 15) is 9.59 Å². The number of anilines is 1. The normalized spacial score (nSPS) is 21.4. The number of carbonyl (C=O) groups excluding carboxylic acids is 1. The molecule has 0 bridgehead atoms. The summed E-state index contributed by atoms with van der Waals surface area (Å²) in [7, 11) is 1.61. The van der Waals surface area contributed by atoms with Crippen LogP contribution in [0.15, 0.2) is 52.3 Å². The highest BCUT2D eigenvalue weighted by Gasteiger charge is 2.34. The first kappa shape index (κ1) is 25.4. The number of aromatic nitrogens is 2. The first-order valence-electron chi connectivity index (χ1n) is 12.1. The lowest BCUT2D eigenvalue weighted by molar-refractivity contribution is -0.122. The first-order valence-corrected chi connectivity index (χ1v) is 13.3. The minimum absolute atomic E-state index is 0.0172. The number of methoxy groups -OCH3 is 1. The van der Waals surface area contributed by atoms with Crippen molar-refractivity contribution < 1.29 is 14.3 Å². The number of hydrogen-bond donors (Lipinski definition) is 0. The molecule has 2 atom stereocenters. The van der Waals surface area contributed by atoms with Gasteiger partial charge in [0, 0.05) is 19.3 Å². The molecule has 192 valence electrons. The molecule has 1 aromatic carbocycles. The fraction of sp³-hybridized carbons (Fsp3) is 0.333. The molecule has 2 fully saturated rings. The highest BCUT2D eigenvalue weighted by Crippen LogP contribution is 2.35. The standard InChI is InChI=1S/C27H28N4O4S2/c1-16-6-5-11-30-23(16)28-24(29-13-17(2)35-18(3)14-29)21(25(30)32)12-22-26(33)31(27(36)37-22)15-19-7-9-20(34-4)10-8-19/h5-12,17-18H,13-15H2,1-4H3/b22-12-. The van der Waals surface area contributed by atoms with E-state index in [1.165, 1.54) is 16.2 Å². The van der Waals surface area contributed by atoms with E-state index in [-0.39, 0.29) is 23.7 Å². The summed E-state index contributed by atoms with van der Waals surface area (Å²) in [4.78, 5) is 36.2. The Balaban J connectivity index is 1.56. The lowest BCUT2D eigenvalue weighted by Gasteiger charge is -2.36. The van der Waals surface area contributed by atoms with Crippen molar-refractivity contribution in [2.75, 3.05) is 25.1 Å². The number of benzene rings is 1. The topological polar surface area (TPSA) is 76.4 Å². The minimum Gasteiger partial charge on any atom is -0.497 e. The maximum atomic E-state index is 13.8. The van der Waals surface area contributed by atoms with Crippen molar-refractivity contribution in [3.8, 4) is 5.75 Å². The molecule has 3 aromatic rings. The molecule has 2 aromatic heterocycles. The maximum absolute atomic E-state index is 13.8. The lowest BCUT2D eigenvalue weighted by Crippen LogP contribution is -2.46. The molecular formula is C27H28N4O4S2. The second-order valence-electron chi connectivity index (χ2n) is 9.32. The Labute approximate surface area is 224 Å². The van der Waals surface area contributed by atoms with Gasteiger partial charge in [-0.05, 0) is 56.2 Å². The Morgan fingerprint density at radius 2 is 1.86 bits per heavy atom. The van der Waals surface area contributed by atoms with E-state index in [0.29, 0.717) is 45.9 Å². The molecule has 0 radical (unpaired) electrons. The Kier molecular flexibility index (Phi) is 7.06. The summed E-state index contributed by atoms with van der Waals surface area (Å²) in [5.74, 6) is 1.07. The summed E-state index contributed by atoms with van der Waals surface area (Å²) >= 11 is 6.75. The van der Waals surface area contributed by atoms with Crippen LogP contribution in [-0.2, 0) is 16.1 Å². The van der Waals surface area contributed by atoms with Crippen molar-refractivity contribution in [3.63, 3.8) is 0 Å². The van der Waals surface area contributed by atoms with Crippen LogP contribution in [0.5, 0.6) is 5.75 Å². The smallest absolute Gasteiger partial charge is 0.267 e. The molecule has 37 heavy (non-hydrogen) atoms. The zero-order chi connectivity index (χ0) is 26.3. The molecule has 0 saturated carbocycles. The molecule has 5 rings (SSSR count). The van der Waals surface area contributed by atoms with Crippen LogP contribution in [0.4, 0.5) is 5.82 Å². The average molecular weight is 537 g/mol. The number of rotatable bonds is 5. The summed E-state index contributed by atoms with van der Waals surface area (Å²) in [6, 6.07) is 11.3. The van der Waals surface area contributed by atoms with Gasteiger partial charge in [-0.2, -0.15) is 0 Å². The van der Waals surface area contributed by atoms with Crippen molar-refractivity contribution in [1.29, 1.82) is 0 Å². The van der Waals surface area contributed by atoms with E-state index >= 15 is 0 Å². The molecule has 10 heteroatoms. The molecule has 2 saturated heterocycles. The number of carbonyl (C=O) groups is 1. The summed E-state index contributed by atoms with van der Waals surface area (Å²) in [5, 5.41) is 0.